The van der Waals surface area contributed by atoms with E-state index in [2.05, 4.69) is 10.2 Å². The van der Waals surface area contributed by atoms with Crippen molar-refractivity contribution in [2.24, 2.45) is 7.05 Å². The van der Waals surface area contributed by atoms with Gasteiger partial charge < -0.3 is 14.2 Å². The summed E-state index contributed by atoms with van der Waals surface area (Å²) in [5.41, 5.74) is 1.85. The average molecular weight is 397 g/mol. The maximum absolute atomic E-state index is 13.0. The second-order valence-electron chi connectivity index (χ2n) is 6.27. The fraction of sp³-hybridized carbons (Fsp3) is 0.286. The van der Waals surface area contributed by atoms with E-state index in [1.165, 1.54) is 11.8 Å². The zero-order valence-electron chi connectivity index (χ0n) is 16.5. The zero-order valence-corrected chi connectivity index (χ0v) is 17.3. The van der Waals surface area contributed by atoms with Crippen LogP contribution in [0, 0.1) is 0 Å². The zero-order chi connectivity index (χ0) is 20.1. The molecule has 146 valence electrons. The summed E-state index contributed by atoms with van der Waals surface area (Å²) in [5, 5.41) is 9.01. The van der Waals surface area contributed by atoms with E-state index in [0.717, 1.165) is 22.8 Å². The molecule has 6 nitrogen and oxygen atoms in total. The molecule has 0 aliphatic rings. The molecular formula is C21H24N4O2S. The van der Waals surface area contributed by atoms with Gasteiger partial charge in [0, 0.05) is 24.8 Å². The first kappa shape index (κ1) is 19.9. The molecule has 3 aromatic rings. The molecule has 2 aromatic carbocycles. The predicted molar refractivity (Wildman–Crippen MR) is 113 cm³/mol. The minimum atomic E-state index is -0.285. The molecular weight excluding hydrogens is 372 g/mol. The third-order valence-electron chi connectivity index (χ3n) is 4.46. The molecule has 0 N–H and O–H groups in total. The van der Waals surface area contributed by atoms with E-state index in [9.17, 15) is 4.79 Å². The van der Waals surface area contributed by atoms with Gasteiger partial charge in [-0.2, -0.15) is 0 Å². The Labute approximate surface area is 169 Å². The normalized spacial score (nSPS) is 11.9. The van der Waals surface area contributed by atoms with E-state index in [1.807, 2.05) is 80.1 Å². The third kappa shape index (κ3) is 4.20. The van der Waals surface area contributed by atoms with Crippen LogP contribution in [0.4, 0.5) is 5.69 Å². The van der Waals surface area contributed by atoms with Crippen molar-refractivity contribution >= 4 is 23.4 Å². The summed E-state index contributed by atoms with van der Waals surface area (Å²) in [6.07, 6.45) is 0. The lowest BCUT2D eigenvalue weighted by Crippen LogP contribution is -2.36. The molecule has 0 fully saturated rings. The van der Waals surface area contributed by atoms with Crippen LogP contribution in [0.2, 0.25) is 0 Å². The molecule has 0 radical (unpaired) electrons. The molecule has 0 spiro atoms. The SMILES string of the molecule is CCN(C(=O)C(C)Sc1nnc(-c2ccc(OC)cc2)n1C)c1ccccc1. The van der Waals surface area contributed by atoms with E-state index in [0.29, 0.717) is 11.7 Å². The Morgan fingerprint density at radius 3 is 2.43 bits per heavy atom. The van der Waals surface area contributed by atoms with Crippen LogP contribution >= 0.6 is 11.8 Å². The van der Waals surface area contributed by atoms with Crippen LogP contribution in [0.15, 0.2) is 59.8 Å². The Morgan fingerprint density at radius 1 is 1.14 bits per heavy atom. The first-order valence-corrected chi connectivity index (χ1v) is 10.00. The Kier molecular flexibility index (Phi) is 6.36. The first-order chi connectivity index (χ1) is 13.5. The fourth-order valence-corrected chi connectivity index (χ4v) is 3.79. The van der Waals surface area contributed by atoms with Crippen LogP contribution < -0.4 is 9.64 Å². The average Bonchev–Trinajstić information content (AvgIpc) is 3.09. The molecule has 3 rings (SSSR count). The van der Waals surface area contributed by atoms with Crippen LogP contribution in [0.5, 0.6) is 5.75 Å². The molecule has 0 aliphatic carbocycles. The number of hydrogen-bond acceptors (Lipinski definition) is 5. The molecule has 0 aliphatic heterocycles. The molecule has 28 heavy (non-hydrogen) atoms. The largest absolute Gasteiger partial charge is 0.497 e. The highest BCUT2D eigenvalue weighted by atomic mass is 32.2. The predicted octanol–water partition coefficient (Wildman–Crippen LogP) is 4.02. The highest BCUT2D eigenvalue weighted by Crippen LogP contribution is 2.28. The van der Waals surface area contributed by atoms with Crippen molar-refractivity contribution in [2.75, 3.05) is 18.6 Å². The van der Waals surface area contributed by atoms with Crippen LogP contribution in [-0.2, 0) is 11.8 Å². The molecule has 1 amide bonds. The number of para-hydroxylation sites is 1. The molecule has 1 atom stereocenters. The fourth-order valence-electron chi connectivity index (χ4n) is 2.91. The smallest absolute Gasteiger partial charge is 0.240 e. The molecule has 1 aromatic heterocycles. The highest BCUT2D eigenvalue weighted by Gasteiger charge is 2.24. The summed E-state index contributed by atoms with van der Waals surface area (Å²) in [6, 6.07) is 17.4. The van der Waals surface area contributed by atoms with Gasteiger partial charge in [-0.3, -0.25) is 4.79 Å². The summed E-state index contributed by atoms with van der Waals surface area (Å²) < 4.78 is 7.11. The maximum Gasteiger partial charge on any atom is 0.240 e. The van der Waals surface area contributed by atoms with Gasteiger partial charge in [0.1, 0.15) is 5.75 Å². The Hall–Kier alpha value is -2.80. The Morgan fingerprint density at radius 2 is 1.82 bits per heavy atom. The van der Waals surface area contributed by atoms with Crippen LogP contribution in [0.1, 0.15) is 13.8 Å². The highest BCUT2D eigenvalue weighted by molar-refractivity contribution is 8.00. The molecule has 0 bridgehead atoms. The molecule has 0 saturated carbocycles. The third-order valence-corrected chi connectivity index (χ3v) is 5.58. The second-order valence-corrected chi connectivity index (χ2v) is 7.58. The lowest BCUT2D eigenvalue weighted by Gasteiger charge is -2.24. The Bertz CT molecular complexity index is 925. The van der Waals surface area contributed by atoms with E-state index >= 15 is 0 Å². The number of aromatic nitrogens is 3. The van der Waals surface area contributed by atoms with Crippen LogP contribution in [-0.4, -0.2) is 39.6 Å². The number of carbonyl (C=O) groups is 1. The number of carbonyl (C=O) groups excluding carboxylic acids is 1. The molecule has 7 heteroatoms. The van der Waals surface area contributed by atoms with Crippen molar-refractivity contribution in [3.8, 4) is 17.1 Å². The maximum atomic E-state index is 13.0. The Balaban J connectivity index is 1.76. The number of rotatable bonds is 7. The second kappa shape index (κ2) is 8.93. The van der Waals surface area contributed by atoms with Crippen molar-refractivity contribution in [1.82, 2.24) is 14.8 Å². The number of methoxy groups -OCH3 is 1. The van der Waals surface area contributed by atoms with E-state index < -0.39 is 0 Å². The van der Waals surface area contributed by atoms with E-state index in [-0.39, 0.29) is 11.2 Å². The van der Waals surface area contributed by atoms with Gasteiger partial charge in [-0.15, -0.1) is 10.2 Å². The molecule has 0 saturated heterocycles. The number of ether oxygens (including phenoxy) is 1. The monoisotopic (exact) mass is 396 g/mol. The number of nitrogens with zero attached hydrogens (tertiary/aromatic N) is 4. The standard InChI is InChI=1S/C21H24N4O2S/c1-5-25(17-9-7-6-8-10-17)20(26)15(2)28-21-23-22-19(24(21)3)16-11-13-18(27-4)14-12-16/h6-15H,5H2,1-4H3. The van der Waals surface area contributed by atoms with E-state index in [1.54, 1.807) is 12.0 Å². The number of amides is 1. The quantitative estimate of drug-likeness (QED) is 0.565. The number of benzene rings is 2. The van der Waals surface area contributed by atoms with Gasteiger partial charge >= 0.3 is 0 Å². The minimum Gasteiger partial charge on any atom is -0.497 e. The van der Waals surface area contributed by atoms with Gasteiger partial charge in [0.05, 0.1) is 12.4 Å². The van der Waals surface area contributed by atoms with Crippen molar-refractivity contribution < 1.29 is 9.53 Å². The molecule has 1 heterocycles. The summed E-state index contributed by atoms with van der Waals surface area (Å²) in [6.45, 7) is 4.50. The van der Waals surface area contributed by atoms with Gasteiger partial charge in [0.15, 0.2) is 11.0 Å². The van der Waals surface area contributed by atoms with Gasteiger partial charge in [0.25, 0.3) is 0 Å². The lowest BCUT2D eigenvalue weighted by atomic mass is 10.2. The van der Waals surface area contributed by atoms with Gasteiger partial charge in [-0.1, -0.05) is 30.0 Å². The van der Waals surface area contributed by atoms with Gasteiger partial charge in [-0.25, -0.2) is 0 Å². The number of anilines is 1. The van der Waals surface area contributed by atoms with Gasteiger partial charge in [-0.05, 0) is 50.2 Å². The lowest BCUT2D eigenvalue weighted by molar-refractivity contribution is -0.117. The van der Waals surface area contributed by atoms with E-state index in [4.69, 9.17) is 4.74 Å². The first-order valence-electron chi connectivity index (χ1n) is 9.12. The summed E-state index contributed by atoms with van der Waals surface area (Å²) in [7, 11) is 3.55. The minimum absolute atomic E-state index is 0.0488. The molecule has 1 unspecified atom stereocenters. The number of hydrogen-bond donors (Lipinski definition) is 0. The van der Waals surface area contributed by atoms with Crippen molar-refractivity contribution in [2.45, 2.75) is 24.3 Å². The van der Waals surface area contributed by atoms with Gasteiger partial charge in [0.2, 0.25) is 5.91 Å². The number of thioether (sulfide) groups is 1. The summed E-state index contributed by atoms with van der Waals surface area (Å²) >= 11 is 1.41. The van der Waals surface area contributed by atoms with Crippen LogP contribution in [0.25, 0.3) is 11.4 Å². The van der Waals surface area contributed by atoms with Crippen molar-refractivity contribution in [3.05, 3.63) is 54.6 Å². The van der Waals surface area contributed by atoms with Crippen LogP contribution in [0.3, 0.4) is 0 Å². The topological polar surface area (TPSA) is 60.3 Å². The summed E-state index contributed by atoms with van der Waals surface area (Å²) in [5.74, 6) is 1.59. The van der Waals surface area contributed by atoms with Crippen molar-refractivity contribution in [1.29, 1.82) is 0 Å². The summed E-state index contributed by atoms with van der Waals surface area (Å²) in [4.78, 5) is 14.8. The van der Waals surface area contributed by atoms with Crippen molar-refractivity contribution in [3.63, 3.8) is 0 Å².